The molecule has 4 rings (SSSR count). The largest absolute Gasteiger partial charge is 0.283 e. The first-order valence-electron chi connectivity index (χ1n) is 10.7. The number of amides is 1. The van der Waals surface area contributed by atoms with Crippen molar-refractivity contribution in [2.45, 2.75) is 46.1 Å². The van der Waals surface area contributed by atoms with Crippen molar-refractivity contribution in [3.8, 4) is 0 Å². The molecule has 4 aromatic rings. The molecule has 4 nitrogen and oxygen atoms in total. The number of thiazole rings is 1. The van der Waals surface area contributed by atoms with Crippen molar-refractivity contribution in [3.05, 3.63) is 89.2 Å². The third kappa shape index (κ3) is 4.83. The Bertz CT molecular complexity index is 1170. The fourth-order valence-corrected chi connectivity index (χ4v) is 4.66. The smallest absolute Gasteiger partial charge is 0.233 e. The average Bonchev–Trinajstić information content (AvgIpc) is 3.22. The lowest BCUT2D eigenvalue weighted by Crippen LogP contribution is -2.31. The zero-order valence-electron chi connectivity index (χ0n) is 18.2. The van der Waals surface area contributed by atoms with Crippen molar-refractivity contribution in [2.24, 2.45) is 0 Å². The molecule has 0 aliphatic carbocycles. The lowest BCUT2D eigenvalue weighted by atomic mass is 10.0. The summed E-state index contributed by atoms with van der Waals surface area (Å²) in [5.74, 6) is 0.413. The molecule has 5 heteroatoms. The number of nitrogens with zero attached hydrogens (tertiary/aromatic N) is 3. The molecule has 2 aromatic heterocycles. The minimum Gasteiger partial charge on any atom is -0.283 e. The number of rotatable bonds is 7. The summed E-state index contributed by atoms with van der Waals surface area (Å²) in [7, 11) is 0. The Hall–Kier alpha value is -3.05. The lowest BCUT2D eigenvalue weighted by Gasteiger charge is -2.20. The molecule has 158 valence electrons. The van der Waals surface area contributed by atoms with Gasteiger partial charge >= 0.3 is 0 Å². The second-order valence-electron chi connectivity index (χ2n) is 8.03. The van der Waals surface area contributed by atoms with E-state index in [2.05, 4.69) is 56.1 Å². The number of aromatic nitrogens is 2. The molecule has 0 radical (unpaired) electrons. The van der Waals surface area contributed by atoms with Crippen molar-refractivity contribution in [1.82, 2.24) is 9.97 Å². The molecule has 0 spiro atoms. The van der Waals surface area contributed by atoms with Crippen LogP contribution >= 0.6 is 11.3 Å². The Kier molecular flexibility index (Phi) is 6.42. The number of hydrogen-bond acceptors (Lipinski definition) is 4. The Morgan fingerprint density at radius 2 is 1.77 bits per heavy atom. The Labute approximate surface area is 187 Å². The maximum Gasteiger partial charge on any atom is 0.233 e. The third-order valence-corrected chi connectivity index (χ3v) is 6.49. The first-order chi connectivity index (χ1) is 15.0. The first kappa shape index (κ1) is 21.2. The summed E-state index contributed by atoms with van der Waals surface area (Å²) >= 11 is 1.57. The van der Waals surface area contributed by atoms with Crippen LogP contribution in [-0.4, -0.2) is 15.9 Å². The number of hydrogen-bond donors (Lipinski definition) is 0. The van der Waals surface area contributed by atoms with Crippen LogP contribution < -0.4 is 4.90 Å². The highest BCUT2D eigenvalue weighted by Crippen LogP contribution is 2.34. The number of benzene rings is 2. The fourth-order valence-electron chi connectivity index (χ4n) is 3.64. The van der Waals surface area contributed by atoms with E-state index in [1.165, 1.54) is 11.1 Å². The highest BCUT2D eigenvalue weighted by Gasteiger charge is 2.22. The summed E-state index contributed by atoms with van der Waals surface area (Å²) in [6, 6.07) is 18.5. The van der Waals surface area contributed by atoms with Gasteiger partial charge in [0.05, 0.1) is 23.2 Å². The van der Waals surface area contributed by atoms with Crippen LogP contribution in [0.2, 0.25) is 0 Å². The van der Waals surface area contributed by atoms with Gasteiger partial charge in [0.15, 0.2) is 5.13 Å². The normalized spacial score (nSPS) is 11.2. The Morgan fingerprint density at radius 1 is 1.00 bits per heavy atom. The number of pyridine rings is 1. The van der Waals surface area contributed by atoms with E-state index in [1.54, 1.807) is 22.4 Å². The molecule has 31 heavy (non-hydrogen) atoms. The molecule has 0 fully saturated rings. The zero-order valence-corrected chi connectivity index (χ0v) is 19.0. The van der Waals surface area contributed by atoms with Crippen LogP contribution in [0, 0.1) is 0 Å². The Balaban J connectivity index is 1.69. The van der Waals surface area contributed by atoms with E-state index in [9.17, 15) is 4.79 Å². The number of para-hydroxylation sites is 1. The number of anilines is 1. The maximum atomic E-state index is 13.4. The molecular weight excluding hydrogens is 402 g/mol. The van der Waals surface area contributed by atoms with Gasteiger partial charge in [-0.25, -0.2) is 4.98 Å². The van der Waals surface area contributed by atoms with Crippen molar-refractivity contribution in [1.29, 1.82) is 0 Å². The van der Waals surface area contributed by atoms with Crippen molar-refractivity contribution in [2.75, 3.05) is 4.90 Å². The summed E-state index contributed by atoms with van der Waals surface area (Å²) in [5.41, 5.74) is 5.48. The molecule has 0 N–H and O–H groups in total. The van der Waals surface area contributed by atoms with Gasteiger partial charge in [-0.1, -0.05) is 74.6 Å². The molecule has 0 aliphatic rings. The van der Waals surface area contributed by atoms with Crippen molar-refractivity contribution in [3.63, 3.8) is 0 Å². The van der Waals surface area contributed by atoms with E-state index < -0.39 is 0 Å². The number of carbonyl (C=O) groups excluding carboxylic acids is 1. The van der Waals surface area contributed by atoms with E-state index in [0.717, 1.165) is 32.9 Å². The van der Waals surface area contributed by atoms with Crippen LogP contribution in [0.3, 0.4) is 0 Å². The van der Waals surface area contributed by atoms with Crippen LogP contribution in [-0.2, 0) is 24.2 Å². The summed E-state index contributed by atoms with van der Waals surface area (Å²) < 4.78 is 1.11. The third-order valence-electron chi connectivity index (χ3n) is 5.44. The summed E-state index contributed by atoms with van der Waals surface area (Å²) in [5, 5.41) is 0.738. The van der Waals surface area contributed by atoms with E-state index in [0.29, 0.717) is 18.9 Å². The minimum atomic E-state index is 0.0401. The monoisotopic (exact) mass is 429 g/mol. The van der Waals surface area contributed by atoms with E-state index in [1.807, 2.05) is 30.5 Å². The standard InChI is InChI=1S/C26H27N3OS/c1-4-19-10-12-20(13-11-19)15-24(30)29(17-21-7-6-14-27-16-21)26-28-25-22(18(2)3)8-5-9-23(25)31-26/h5-14,16,18H,4,15,17H2,1-3H3. The Morgan fingerprint density at radius 3 is 2.45 bits per heavy atom. The van der Waals surface area contributed by atoms with E-state index in [-0.39, 0.29) is 5.91 Å². The lowest BCUT2D eigenvalue weighted by molar-refractivity contribution is -0.118. The van der Waals surface area contributed by atoms with Gasteiger partial charge in [0, 0.05) is 12.4 Å². The highest BCUT2D eigenvalue weighted by molar-refractivity contribution is 7.22. The number of fused-ring (bicyclic) bond motifs is 1. The van der Waals surface area contributed by atoms with Gasteiger partial charge < -0.3 is 0 Å². The van der Waals surface area contributed by atoms with Crippen LogP contribution in [0.15, 0.2) is 67.0 Å². The molecule has 0 aliphatic heterocycles. The maximum absolute atomic E-state index is 13.4. The second-order valence-corrected chi connectivity index (χ2v) is 9.04. The molecule has 0 atom stereocenters. The molecule has 0 unspecified atom stereocenters. The highest BCUT2D eigenvalue weighted by atomic mass is 32.1. The van der Waals surface area contributed by atoms with Gasteiger partial charge in [0.1, 0.15) is 0 Å². The van der Waals surface area contributed by atoms with E-state index >= 15 is 0 Å². The molecule has 2 heterocycles. The van der Waals surface area contributed by atoms with Crippen LogP contribution in [0.4, 0.5) is 5.13 Å². The zero-order chi connectivity index (χ0) is 21.8. The fraction of sp³-hybridized carbons (Fsp3) is 0.269. The molecule has 1 amide bonds. The molecule has 0 saturated heterocycles. The van der Waals surface area contributed by atoms with Gasteiger partial charge in [-0.05, 0) is 46.7 Å². The summed E-state index contributed by atoms with van der Waals surface area (Å²) in [4.78, 5) is 24.4. The average molecular weight is 430 g/mol. The van der Waals surface area contributed by atoms with Gasteiger partial charge in [-0.15, -0.1) is 0 Å². The van der Waals surface area contributed by atoms with Gasteiger partial charge in [-0.3, -0.25) is 14.7 Å². The SMILES string of the molecule is CCc1ccc(CC(=O)N(Cc2cccnc2)c2nc3c(C(C)C)cccc3s2)cc1. The number of aryl methyl sites for hydroxylation is 1. The first-order valence-corrected chi connectivity index (χ1v) is 11.5. The second kappa shape index (κ2) is 9.40. The minimum absolute atomic E-state index is 0.0401. The predicted molar refractivity (Wildman–Crippen MR) is 129 cm³/mol. The van der Waals surface area contributed by atoms with Crippen molar-refractivity contribution < 1.29 is 4.79 Å². The van der Waals surface area contributed by atoms with Crippen LogP contribution in [0.1, 0.15) is 48.9 Å². The molecule has 2 aromatic carbocycles. The predicted octanol–water partition coefficient (Wildman–Crippen LogP) is 6.15. The van der Waals surface area contributed by atoms with Crippen LogP contribution in [0.25, 0.3) is 10.2 Å². The summed E-state index contributed by atoms with van der Waals surface area (Å²) in [6.07, 6.45) is 4.89. The molecule has 0 bridgehead atoms. The number of carbonyl (C=O) groups is 1. The molecular formula is C26H27N3OS. The quantitative estimate of drug-likeness (QED) is 0.354. The van der Waals surface area contributed by atoms with Crippen LogP contribution in [0.5, 0.6) is 0 Å². The van der Waals surface area contributed by atoms with Gasteiger partial charge in [0.2, 0.25) is 5.91 Å². The summed E-state index contributed by atoms with van der Waals surface area (Å²) in [6.45, 7) is 6.93. The topological polar surface area (TPSA) is 46.1 Å². The van der Waals surface area contributed by atoms with Gasteiger partial charge in [0.25, 0.3) is 0 Å². The van der Waals surface area contributed by atoms with Gasteiger partial charge in [-0.2, -0.15) is 0 Å². The molecule has 0 saturated carbocycles. The van der Waals surface area contributed by atoms with E-state index in [4.69, 9.17) is 4.98 Å². The van der Waals surface area contributed by atoms with Crippen molar-refractivity contribution >= 4 is 32.6 Å².